The molecule has 0 heterocycles. The molecule has 0 aromatic heterocycles. The zero-order valence-electron chi connectivity index (χ0n) is 13.4. The van der Waals surface area contributed by atoms with E-state index in [1.807, 2.05) is 6.92 Å². The van der Waals surface area contributed by atoms with Gasteiger partial charge in [0, 0.05) is 6.61 Å². The average Bonchev–Trinajstić information content (AvgIpc) is 2.45. The lowest BCUT2D eigenvalue weighted by Crippen LogP contribution is -2.54. The number of hydrogen-bond acceptors (Lipinski definition) is 3. The molecule has 3 unspecified atom stereocenters. The summed E-state index contributed by atoms with van der Waals surface area (Å²) in [5, 5.41) is 3.25. The standard InChI is InChI=1S/C16H32N2O2/c1-4-11-18-16(3,15(17)19)10-12-20-14-9-7-6-8-13(14)5-2/h13-14,18H,4-12H2,1-3H3,(H2,17,19). The molecule has 4 nitrogen and oxygen atoms in total. The van der Waals surface area contributed by atoms with Crippen molar-refractivity contribution in [2.45, 2.75) is 77.4 Å². The van der Waals surface area contributed by atoms with Gasteiger partial charge < -0.3 is 15.8 Å². The molecule has 0 saturated heterocycles. The highest BCUT2D eigenvalue weighted by molar-refractivity contribution is 5.84. The van der Waals surface area contributed by atoms with Gasteiger partial charge in [0.2, 0.25) is 5.91 Å². The van der Waals surface area contributed by atoms with Crippen molar-refractivity contribution < 1.29 is 9.53 Å². The van der Waals surface area contributed by atoms with E-state index in [0.29, 0.717) is 25.0 Å². The number of carbonyl (C=O) groups excluding carboxylic acids is 1. The maximum atomic E-state index is 11.6. The van der Waals surface area contributed by atoms with E-state index in [4.69, 9.17) is 10.5 Å². The molecule has 0 bridgehead atoms. The molecule has 0 radical (unpaired) electrons. The van der Waals surface area contributed by atoms with Crippen molar-refractivity contribution >= 4 is 5.91 Å². The number of rotatable bonds is 9. The fourth-order valence-corrected chi connectivity index (χ4v) is 2.97. The van der Waals surface area contributed by atoms with Crippen LogP contribution in [0.25, 0.3) is 0 Å². The topological polar surface area (TPSA) is 64.3 Å². The minimum atomic E-state index is -0.646. The Morgan fingerprint density at radius 3 is 2.65 bits per heavy atom. The first-order valence-corrected chi connectivity index (χ1v) is 8.20. The minimum Gasteiger partial charge on any atom is -0.378 e. The van der Waals surface area contributed by atoms with Gasteiger partial charge in [-0.3, -0.25) is 4.79 Å². The maximum Gasteiger partial charge on any atom is 0.237 e. The van der Waals surface area contributed by atoms with Crippen molar-refractivity contribution in [3.8, 4) is 0 Å². The third kappa shape index (κ3) is 5.06. The van der Waals surface area contributed by atoms with Crippen molar-refractivity contribution in [3.63, 3.8) is 0 Å². The van der Waals surface area contributed by atoms with Gasteiger partial charge in [0.1, 0.15) is 0 Å². The van der Waals surface area contributed by atoms with Crippen molar-refractivity contribution in [1.29, 1.82) is 0 Å². The summed E-state index contributed by atoms with van der Waals surface area (Å²) in [6, 6.07) is 0. The monoisotopic (exact) mass is 284 g/mol. The summed E-state index contributed by atoms with van der Waals surface area (Å²) >= 11 is 0. The molecular weight excluding hydrogens is 252 g/mol. The van der Waals surface area contributed by atoms with Gasteiger partial charge in [-0.2, -0.15) is 0 Å². The predicted molar refractivity (Wildman–Crippen MR) is 82.5 cm³/mol. The Morgan fingerprint density at radius 2 is 2.05 bits per heavy atom. The van der Waals surface area contributed by atoms with Crippen LogP contribution in [0.15, 0.2) is 0 Å². The molecule has 118 valence electrons. The van der Waals surface area contributed by atoms with Gasteiger partial charge in [-0.05, 0) is 45.1 Å². The van der Waals surface area contributed by atoms with Crippen molar-refractivity contribution in [2.75, 3.05) is 13.2 Å². The van der Waals surface area contributed by atoms with Gasteiger partial charge in [-0.25, -0.2) is 0 Å². The van der Waals surface area contributed by atoms with Crippen molar-refractivity contribution in [1.82, 2.24) is 5.32 Å². The first kappa shape index (κ1) is 17.4. The normalized spacial score (nSPS) is 26.1. The number of nitrogens with one attached hydrogen (secondary N) is 1. The third-order valence-corrected chi connectivity index (χ3v) is 4.61. The summed E-state index contributed by atoms with van der Waals surface area (Å²) in [5.74, 6) is 0.400. The Labute approximate surface area is 123 Å². The Morgan fingerprint density at radius 1 is 1.35 bits per heavy atom. The Hall–Kier alpha value is -0.610. The van der Waals surface area contributed by atoms with Crippen molar-refractivity contribution in [2.24, 2.45) is 11.7 Å². The van der Waals surface area contributed by atoms with Crippen LogP contribution in [0.5, 0.6) is 0 Å². The Kier molecular flexibility index (Phi) is 7.52. The Balaban J connectivity index is 2.41. The largest absolute Gasteiger partial charge is 0.378 e. The molecule has 1 saturated carbocycles. The fraction of sp³-hybridized carbons (Fsp3) is 0.938. The highest BCUT2D eigenvalue weighted by Gasteiger charge is 2.31. The summed E-state index contributed by atoms with van der Waals surface area (Å²) in [6.45, 7) is 7.62. The summed E-state index contributed by atoms with van der Waals surface area (Å²) < 4.78 is 6.06. The second-order valence-electron chi connectivity index (χ2n) is 6.24. The van der Waals surface area contributed by atoms with Crippen LogP contribution in [0.3, 0.4) is 0 Å². The van der Waals surface area contributed by atoms with Gasteiger partial charge in [0.25, 0.3) is 0 Å². The van der Waals surface area contributed by atoms with Gasteiger partial charge in [-0.15, -0.1) is 0 Å². The average molecular weight is 284 g/mol. The molecule has 20 heavy (non-hydrogen) atoms. The van der Waals surface area contributed by atoms with Crippen LogP contribution in [0.1, 0.15) is 65.7 Å². The van der Waals surface area contributed by atoms with E-state index < -0.39 is 5.54 Å². The van der Waals surface area contributed by atoms with E-state index in [1.54, 1.807) is 0 Å². The van der Waals surface area contributed by atoms with Crippen molar-refractivity contribution in [3.05, 3.63) is 0 Å². The molecule has 1 amide bonds. The molecule has 0 aliphatic heterocycles. The van der Waals surface area contributed by atoms with Crippen LogP contribution in [-0.4, -0.2) is 30.7 Å². The van der Waals surface area contributed by atoms with Crippen LogP contribution in [0.2, 0.25) is 0 Å². The van der Waals surface area contributed by atoms with E-state index in [2.05, 4.69) is 19.2 Å². The van der Waals surface area contributed by atoms with Crippen LogP contribution < -0.4 is 11.1 Å². The van der Waals surface area contributed by atoms with Crippen LogP contribution in [0.4, 0.5) is 0 Å². The maximum absolute atomic E-state index is 11.6. The zero-order valence-corrected chi connectivity index (χ0v) is 13.4. The number of ether oxygens (including phenoxy) is 1. The molecule has 3 atom stereocenters. The van der Waals surface area contributed by atoms with Gasteiger partial charge >= 0.3 is 0 Å². The van der Waals surface area contributed by atoms with E-state index >= 15 is 0 Å². The number of hydrogen-bond donors (Lipinski definition) is 2. The quantitative estimate of drug-likeness (QED) is 0.684. The van der Waals surface area contributed by atoms with E-state index in [-0.39, 0.29) is 5.91 Å². The summed E-state index contributed by atoms with van der Waals surface area (Å²) in [7, 11) is 0. The second kappa shape index (κ2) is 8.63. The lowest BCUT2D eigenvalue weighted by atomic mass is 9.84. The first-order valence-electron chi connectivity index (χ1n) is 8.20. The molecule has 0 aromatic rings. The summed E-state index contributed by atoms with van der Waals surface area (Å²) in [6.07, 6.45) is 8.23. The van der Waals surface area contributed by atoms with Gasteiger partial charge in [0.05, 0.1) is 11.6 Å². The molecule has 0 spiro atoms. The van der Waals surface area contributed by atoms with Gasteiger partial charge in [-0.1, -0.05) is 33.1 Å². The number of carbonyl (C=O) groups is 1. The van der Waals surface area contributed by atoms with E-state index in [0.717, 1.165) is 19.4 Å². The number of amides is 1. The van der Waals surface area contributed by atoms with Crippen LogP contribution in [0, 0.1) is 5.92 Å². The SMILES string of the molecule is CCCNC(C)(CCOC1CCCCC1CC)C(N)=O. The summed E-state index contributed by atoms with van der Waals surface area (Å²) in [5.41, 5.74) is 4.88. The molecule has 1 rings (SSSR count). The minimum absolute atomic E-state index is 0.287. The summed E-state index contributed by atoms with van der Waals surface area (Å²) in [4.78, 5) is 11.6. The Bertz CT molecular complexity index is 296. The lowest BCUT2D eigenvalue weighted by molar-refractivity contribution is -0.125. The molecule has 1 aliphatic carbocycles. The molecular formula is C16H32N2O2. The number of primary amides is 1. The van der Waals surface area contributed by atoms with Crippen LogP contribution in [-0.2, 0) is 9.53 Å². The molecule has 0 aromatic carbocycles. The molecule has 1 fully saturated rings. The molecule has 1 aliphatic rings. The fourth-order valence-electron chi connectivity index (χ4n) is 2.97. The second-order valence-corrected chi connectivity index (χ2v) is 6.24. The lowest BCUT2D eigenvalue weighted by Gasteiger charge is -2.33. The van der Waals surface area contributed by atoms with Crippen LogP contribution >= 0.6 is 0 Å². The smallest absolute Gasteiger partial charge is 0.237 e. The predicted octanol–water partition coefficient (Wildman–Crippen LogP) is 2.61. The third-order valence-electron chi connectivity index (χ3n) is 4.61. The van der Waals surface area contributed by atoms with E-state index in [9.17, 15) is 4.79 Å². The molecule has 3 N–H and O–H groups in total. The first-order chi connectivity index (χ1) is 9.53. The number of nitrogens with two attached hydrogens (primary N) is 1. The highest BCUT2D eigenvalue weighted by atomic mass is 16.5. The van der Waals surface area contributed by atoms with E-state index in [1.165, 1.54) is 25.7 Å². The molecule has 4 heteroatoms. The zero-order chi connectivity index (χ0) is 15.0. The van der Waals surface area contributed by atoms with Gasteiger partial charge in [0.15, 0.2) is 0 Å². The highest BCUT2D eigenvalue weighted by Crippen LogP contribution is 2.29.